The van der Waals surface area contributed by atoms with E-state index in [1.54, 1.807) is 0 Å². The lowest BCUT2D eigenvalue weighted by Crippen LogP contribution is -2.37. The van der Waals surface area contributed by atoms with Crippen molar-refractivity contribution in [3.63, 3.8) is 0 Å². The molecule has 1 N–H and O–H groups in total. The summed E-state index contributed by atoms with van der Waals surface area (Å²) in [6, 6.07) is 18.1. The molecule has 5 nitrogen and oxygen atoms in total. The number of halogens is 1. The third-order valence-corrected chi connectivity index (χ3v) is 6.93. The molecule has 7 heteroatoms. The van der Waals surface area contributed by atoms with Crippen LogP contribution in [0.4, 0.5) is 0 Å². The van der Waals surface area contributed by atoms with Crippen LogP contribution in [-0.4, -0.2) is 29.0 Å². The molecule has 2 heterocycles. The molecule has 2 aliphatic rings. The molecule has 4 rings (SSSR count). The van der Waals surface area contributed by atoms with Crippen LogP contribution < -0.4 is 5.32 Å². The Labute approximate surface area is 188 Å². The Morgan fingerprint density at radius 3 is 2.80 bits per heavy atom. The van der Waals surface area contributed by atoms with E-state index in [0.717, 1.165) is 16.5 Å². The van der Waals surface area contributed by atoms with Gasteiger partial charge in [-0.3, -0.25) is 9.59 Å². The number of nitrogens with one attached hydrogen (secondary N) is 1. The van der Waals surface area contributed by atoms with Gasteiger partial charge in [-0.05, 0) is 35.2 Å². The van der Waals surface area contributed by atoms with Gasteiger partial charge in [0.25, 0.3) is 0 Å². The normalized spacial score (nSPS) is 18.5. The second kappa shape index (κ2) is 9.07. The highest BCUT2D eigenvalue weighted by atomic mass is 79.9. The molecular formula is C23H20BrN3O2S. The zero-order valence-corrected chi connectivity index (χ0v) is 18.6. The Morgan fingerprint density at radius 1 is 1.23 bits per heavy atom. The number of fused-ring (bicyclic) bond motifs is 1. The fourth-order valence-corrected chi connectivity index (χ4v) is 5.27. The average molecular weight is 482 g/mol. The van der Waals surface area contributed by atoms with Crippen molar-refractivity contribution in [2.24, 2.45) is 0 Å². The van der Waals surface area contributed by atoms with E-state index in [1.807, 2.05) is 41.3 Å². The standard InChI is InChI=1S/C23H20BrN3O2S/c24-18-7-3-6-16(10-18)19-11-21(28)26-23(20(19)12-25)30-14-22(29)27-9-8-15-4-1-2-5-17(15)13-27/h1-7,10,19H,8-9,11,13-14H2,(H,26,28)/t19-/m0/s1. The average Bonchev–Trinajstić information content (AvgIpc) is 2.76. The van der Waals surface area contributed by atoms with Crippen LogP contribution in [0.2, 0.25) is 0 Å². The van der Waals surface area contributed by atoms with E-state index in [0.29, 0.717) is 23.7 Å². The number of carbonyl (C=O) groups excluding carboxylic acids is 2. The second-order valence-electron chi connectivity index (χ2n) is 7.34. The van der Waals surface area contributed by atoms with Crippen molar-refractivity contribution in [2.45, 2.75) is 25.3 Å². The van der Waals surface area contributed by atoms with Gasteiger partial charge in [-0.15, -0.1) is 0 Å². The molecule has 2 aliphatic heterocycles. The van der Waals surface area contributed by atoms with Crippen molar-refractivity contribution in [1.82, 2.24) is 10.2 Å². The van der Waals surface area contributed by atoms with Crippen LogP contribution in [0.3, 0.4) is 0 Å². The molecule has 30 heavy (non-hydrogen) atoms. The molecule has 0 bridgehead atoms. The predicted molar refractivity (Wildman–Crippen MR) is 120 cm³/mol. The zero-order valence-electron chi connectivity index (χ0n) is 16.2. The van der Waals surface area contributed by atoms with Crippen LogP contribution in [-0.2, 0) is 22.6 Å². The first-order valence-electron chi connectivity index (χ1n) is 9.72. The van der Waals surface area contributed by atoms with Gasteiger partial charge in [0.05, 0.1) is 22.4 Å². The summed E-state index contributed by atoms with van der Waals surface area (Å²) >= 11 is 4.69. The van der Waals surface area contributed by atoms with Crippen molar-refractivity contribution in [2.75, 3.05) is 12.3 Å². The van der Waals surface area contributed by atoms with Gasteiger partial charge in [0, 0.05) is 29.9 Å². The first kappa shape index (κ1) is 20.7. The smallest absolute Gasteiger partial charge is 0.233 e. The number of hydrogen-bond donors (Lipinski definition) is 1. The highest BCUT2D eigenvalue weighted by Crippen LogP contribution is 2.36. The summed E-state index contributed by atoms with van der Waals surface area (Å²) in [7, 11) is 0. The third-order valence-electron chi connectivity index (χ3n) is 5.43. The van der Waals surface area contributed by atoms with Gasteiger partial charge in [-0.1, -0.05) is 64.1 Å². The van der Waals surface area contributed by atoms with E-state index in [-0.39, 0.29) is 29.9 Å². The lowest BCUT2D eigenvalue weighted by Gasteiger charge is -2.29. The fraction of sp³-hybridized carbons (Fsp3) is 0.261. The van der Waals surface area contributed by atoms with Gasteiger partial charge in [-0.2, -0.15) is 5.26 Å². The SMILES string of the molecule is N#CC1=C(SCC(=O)N2CCc3ccccc3C2)NC(=O)C[C@H]1c1cccc(Br)c1. The molecule has 0 unspecified atom stereocenters. The van der Waals surface area contributed by atoms with Crippen molar-refractivity contribution in [3.8, 4) is 6.07 Å². The number of nitriles is 1. The molecule has 2 aromatic rings. The van der Waals surface area contributed by atoms with E-state index in [2.05, 4.69) is 39.4 Å². The molecule has 0 spiro atoms. The predicted octanol–water partition coefficient (Wildman–Crippen LogP) is 4.11. The number of thioether (sulfide) groups is 1. The molecule has 0 saturated carbocycles. The summed E-state index contributed by atoms with van der Waals surface area (Å²) in [4.78, 5) is 27.0. The van der Waals surface area contributed by atoms with Gasteiger partial charge in [0.1, 0.15) is 0 Å². The van der Waals surface area contributed by atoms with Crippen LogP contribution in [0.5, 0.6) is 0 Å². The van der Waals surface area contributed by atoms with Crippen molar-refractivity contribution >= 4 is 39.5 Å². The maximum absolute atomic E-state index is 12.8. The first-order chi connectivity index (χ1) is 14.5. The second-order valence-corrected chi connectivity index (χ2v) is 9.24. The van der Waals surface area contributed by atoms with Crippen LogP contribution in [0.15, 0.2) is 63.6 Å². The Kier molecular flexibility index (Phi) is 6.26. The quantitative estimate of drug-likeness (QED) is 0.712. The summed E-state index contributed by atoms with van der Waals surface area (Å²) in [5.74, 6) is -0.242. The number of nitrogens with zero attached hydrogens (tertiary/aromatic N) is 2. The zero-order chi connectivity index (χ0) is 21.1. The largest absolute Gasteiger partial charge is 0.337 e. The third kappa shape index (κ3) is 4.45. The molecule has 2 aromatic carbocycles. The van der Waals surface area contributed by atoms with E-state index >= 15 is 0 Å². The Balaban J connectivity index is 1.49. The van der Waals surface area contributed by atoms with E-state index in [9.17, 15) is 14.9 Å². The van der Waals surface area contributed by atoms with Crippen molar-refractivity contribution < 1.29 is 9.59 Å². The van der Waals surface area contributed by atoms with Crippen LogP contribution in [0.25, 0.3) is 0 Å². The van der Waals surface area contributed by atoms with Gasteiger partial charge in [0.15, 0.2) is 0 Å². The number of rotatable bonds is 4. The molecule has 0 aliphatic carbocycles. The molecule has 0 saturated heterocycles. The summed E-state index contributed by atoms with van der Waals surface area (Å²) in [5.41, 5.74) is 3.89. The molecule has 0 radical (unpaired) electrons. The molecular weight excluding hydrogens is 462 g/mol. The highest BCUT2D eigenvalue weighted by molar-refractivity contribution is 9.10. The van der Waals surface area contributed by atoms with Gasteiger partial charge < -0.3 is 10.2 Å². The summed E-state index contributed by atoms with van der Waals surface area (Å²) < 4.78 is 0.901. The number of hydrogen-bond acceptors (Lipinski definition) is 4. The first-order valence-corrected chi connectivity index (χ1v) is 11.5. The lowest BCUT2D eigenvalue weighted by atomic mass is 9.87. The topological polar surface area (TPSA) is 73.2 Å². The minimum atomic E-state index is -0.305. The van der Waals surface area contributed by atoms with Crippen molar-refractivity contribution in [1.29, 1.82) is 5.26 Å². The molecule has 0 fully saturated rings. The molecule has 0 aromatic heterocycles. The number of benzene rings is 2. The van der Waals surface area contributed by atoms with Crippen LogP contribution in [0.1, 0.15) is 29.0 Å². The van der Waals surface area contributed by atoms with Crippen molar-refractivity contribution in [3.05, 3.63) is 80.3 Å². The monoisotopic (exact) mass is 481 g/mol. The van der Waals surface area contributed by atoms with Gasteiger partial charge >= 0.3 is 0 Å². The summed E-state index contributed by atoms with van der Waals surface area (Å²) in [6.45, 7) is 1.29. The number of allylic oxidation sites excluding steroid dienone is 1. The Morgan fingerprint density at radius 2 is 2.03 bits per heavy atom. The summed E-state index contributed by atoms with van der Waals surface area (Å²) in [5, 5.41) is 13.1. The molecule has 152 valence electrons. The lowest BCUT2D eigenvalue weighted by molar-refractivity contribution is -0.129. The fourth-order valence-electron chi connectivity index (χ4n) is 3.87. The molecule has 1 atom stereocenters. The minimum absolute atomic E-state index is 0.0121. The molecule has 2 amide bonds. The maximum atomic E-state index is 12.8. The number of amides is 2. The van der Waals surface area contributed by atoms with E-state index in [1.165, 1.54) is 22.9 Å². The van der Waals surface area contributed by atoms with Gasteiger partial charge in [0.2, 0.25) is 11.8 Å². The van der Waals surface area contributed by atoms with Crippen LogP contribution in [0, 0.1) is 11.3 Å². The number of carbonyl (C=O) groups is 2. The Hall–Kier alpha value is -2.56. The Bertz CT molecular complexity index is 1080. The van der Waals surface area contributed by atoms with E-state index in [4.69, 9.17) is 0 Å². The maximum Gasteiger partial charge on any atom is 0.233 e. The summed E-state index contributed by atoms with van der Waals surface area (Å²) in [6.07, 6.45) is 1.07. The minimum Gasteiger partial charge on any atom is -0.337 e. The van der Waals surface area contributed by atoms with E-state index < -0.39 is 0 Å². The van der Waals surface area contributed by atoms with Gasteiger partial charge in [-0.25, -0.2) is 0 Å². The highest BCUT2D eigenvalue weighted by Gasteiger charge is 2.30. The van der Waals surface area contributed by atoms with Crippen LogP contribution >= 0.6 is 27.7 Å².